The largest absolute Gasteiger partial charge is 0.382 e. The molecule has 0 saturated heterocycles. The van der Waals surface area contributed by atoms with Gasteiger partial charge in [0.05, 0.1) is 6.10 Å². The Balaban J connectivity index is 2.66. The summed E-state index contributed by atoms with van der Waals surface area (Å²) in [5.41, 5.74) is 1.29. The number of aryl methyl sites for hydroxylation is 1. The van der Waals surface area contributed by atoms with Crippen molar-refractivity contribution in [1.82, 2.24) is 0 Å². The number of hydrogen-bond acceptors (Lipinski definition) is 2. The van der Waals surface area contributed by atoms with Gasteiger partial charge in [0.25, 0.3) is 0 Å². The highest BCUT2D eigenvalue weighted by Crippen LogP contribution is 2.14. The van der Waals surface area contributed by atoms with E-state index >= 15 is 0 Å². The van der Waals surface area contributed by atoms with Gasteiger partial charge in [-0.15, -0.1) is 0 Å². The van der Waals surface area contributed by atoms with Crippen molar-refractivity contribution in [2.45, 2.75) is 32.8 Å². The van der Waals surface area contributed by atoms with Crippen LogP contribution in [-0.2, 0) is 4.74 Å². The summed E-state index contributed by atoms with van der Waals surface area (Å²) >= 11 is 0. The van der Waals surface area contributed by atoms with Crippen molar-refractivity contribution in [3.05, 3.63) is 35.1 Å². The first-order valence-electron chi connectivity index (χ1n) is 5.36. The zero-order valence-electron chi connectivity index (χ0n) is 9.92. The Morgan fingerprint density at radius 2 is 2.19 bits per heavy atom. The van der Waals surface area contributed by atoms with Crippen LogP contribution in [0.1, 0.15) is 35.7 Å². The molecule has 0 aromatic heterocycles. The summed E-state index contributed by atoms with van der Waals surface area (Å²) in [6, 6.07) is 4.25. The lowest BCUT2D eigenvalue weighted by Crippen LogP contribution is -2.09. The van der Waals surface area contributed by atoms with Crippen molar-refractivity contribution < 1.29 is 13.9 Å². The number of halogens is 1. The highest BCUT2D eigenvalue weighted by Gasteiger charge is 2.11. The molecular weight excluding hydrogens is 207 g/mol. The van der Waals surface area contributed by atoms with E-state index in [1.807, 2.05) is 6.92 Å². The van der Waals surface area contributed by atoms with Crippen LogP contribution in [-0.4, -0.2) is 19.0 Å². The van der Waals surface area contributed by atoms with E-state index in [-0.39, 0.29) is 17.7 Å². The van der Waals surface area contributed by atoms with Gasteiger partial charge in [-0.1, -0.05) is 0 Å². The number of methoxy groups -OCH3 is 1. The van der Waals surface area contributed by atoms with Gasteiger partial charge < -0.3 is 4.74 Å². The van der Waals surface area contributed by atoms with Crippen molar-refractivity contribution in [1.29, 1.82) is 0 Å². The molecule has 1 unspecified atom stereocenters. The quantitative estimate of drug-likeness (QED) is 0.718. The van der Waals surface area contributed by atoms with E-state index in [1.54, 1.807) is 20.1 Å². The monoisotopic (exact) mass is 224 g/mol. The normalized spacial score (nSPS) is 12.5. The second-order valence-electron chi connectivity index (χ2n) is 3.97. The van der Waals surface area contributed by atoms with Gasteiger partial charge in [-0.3, -0.25) is 4.79 Å². The molecule has 0 fully saturated rings. The minimum absolute atomic E-state index is 0.0430. The van der Waals surface area contributed by atoms with Crippen molar-refractivity contribution in [3.63, 3.8) is 0 Å². The second-order valence-corrected chi connectivity index (χ2v) is 3.97. The molecule has 16 heavy (non-hydrogen) atoms. The van der Waals surface area contributed by atoms with E-state index in [1.165, 1.54) is 12.1 Å². The minimum Gasteiger partial charge on any atom is -0.382 e. The molecule has 0 aliphatic heterocycles. The Labute approximate surface area is 95.4 Å². The van der Waals surface area contributed by atoms with Gasteiger partial charge in [0, 0.05) is 19.1 Å². The number of carbonyl (C=O) groups is 1. The van der Waals surface area contributed by atoms with Gasteiger partial charge in [-0.25, -0.2) is 4.39 Å². The number of carbonyl (C=O) groups excluding carboxylic acids is 1. The van der Waals surface area contributed by atoms with E-state index < -0.39 is 0 Å². The lowest BCUT2D eigenvalue weighted by molar-refractivity contribution is 0.0877. The van der Waals surface area contributed by atoms with E-state index in [0.717, 1.165) is 0 Å². The van der Waals surface area contributed by atoms with Gasteiger partial charge in [0.1, 0.15) is 5.82 Å². The fourth-order valence-electron chi connectivity index (χ4n) is 1.53. The van der Waals surface area contributed by atoms with Gasteiger partial charge in [-0.2, -0.15) is 0 Å². The molecular formula is C13H17FO2. The summed E-state index contributed by atoms with van der Waals surface area (Å²) in [5, 5.41) is 0. The third kappa shape index (κ3) is 3.42. The summed E-state index contributed by atoms with van der Waals surface area (Å²) in [6.07, 6.45) is 1.19. The fourth-order valence-corrected chi connectivity index (χ4v) is 1.53. The number of hydrogen-bond donors (Lipinski definition) is 0. The molecule has 0 saturated carbocycles. The summed E-state index contributed by atoms with van der Waals surface area (Å²) in [6.45, 7) is 3.67. The van der Waals surface area contributed by atoms with Gasteiger partial charge in [0.15, 0.2) is 5.78 Å². The SMILES string of the molecule is COC(C)CCC(=O)c1ccc(F)cc1C. The third-order valence-electron chi connectivity index (χ3n) is 2.67. The Morgan fingerprint density at radius 1 is 1.50 bits per heavy atom. The van der Waals surface area contributed by atoms with Crippen LogP contribution >= 0.6 is 0 Å². The molecule has 0 spiro atoms. The number of ketones is 1. The average Bonchev–Trinajstić information content (AvgIpc) is 2.25. The predicted octanol–water partition coefficient (Wildman–Crippen LogP) is 3.13. The van der Waals surface area contributed by atoms with Crippen molar-refractivity contribution >= 4 is 5.78 Å². The molecule has 3 heteroatoms. The third-order valence-corrected chi connectivity index (χ3v) is 2.67. The lowest BCUT2D eigenvalue weighted by Gasteiger charge is -2.09. The highest BCUT2D eigenvalue weighted by atomic mass is 19.1. The first kappa shape index (κ1) is 12.8. The maximum atomic E-state index is 12.8. The molecule has 88 valence electrons. The van der Waals surface area contributed by atoms with Crippen LogP contribution in [0.5, 0.6) is 0 Å². The molecule has 2 nitrogen and oxygen atoms in total. The molecule has 1 rings (SSSR count). The standard InChI is InChI=1S/C13H17FO2/c1-9-8-11(14)5-6-12(9)13(15)7-4-10(2)16-3/h5-6,8,10H,4,7H2,1-3H3. The molecule has 0 aliphatic carbocycles. The van der Waals surface area contributed by atoms with Crippen LogP contribution in [0.3, 0.4) is 0 Å². The van der Waals surface area contributed by atoms with Crippen LogP contribution < -0.4 is 0 Å². The van der Waals surface area contributed by atoms with Crippen molar-refractivity contribution in [2.75, 3.05) is 7.11 Å². The van der Waals surface area contributed by atoms with Crippen molar-refractivity contribution in [3.8, 4) is 0 Å². The first-order chi connectivity index (χ1) is 7.54. The van der Waals surface area contributed by atoms with Gasteiger partial charge in [-0.05, 0) is 44.0 Å². The van der Waals surface area contributed by atoms with E-state index in [0.29, 0.717) is 24.0 Å². The number of Topliss-reactive ketones (excluding diaryl/α,β-unsaturated/α-hetero) is 1. The minimum atomic E-state index is -0.306. The van der Waals surface area contributed by atoms with Crippen LogP contribution in [0.15, 0.2) is 18.2 Å². The summed E-state index contributed by atoms with van der Waals surface area (Å²) < 4.78 is 17.9. The van der Waals surface area contributed by atoms with Crippen LogP contribution in [0, 0.1) is 12.7 Å². The Hall–Kier alpha value is -1.22. The highest BCUT2D eigenvalue weighted by molar-refractivity contribution is 5.97. The summed E-state index contributed by atoms with van der Waals surface area (Å²) in [4.78, 5) is 11.8. The van der Waals surface area contributed by atoms with Gasteiger partial charge >= 0.3 is 0 Å². The number of ether oxygens (including phenoxy) is 1. The fraction of sp³-hybridized carbons (Fsp3) is 0.462. The zero-order chi connectivity index (χ0) is 12.1. The number of benzene rings is 1. The lowest BCUT2D eigenvalue weighted by atomic mass is 10.0. The molecule has 0 aliphatic rings. The van der Waals surface area contributed by atoms with E-state index in [2.05, 4.69) is 0 Å². The first-order valence-corrected chi connectivity index (χ1v) is 5.36. The van der Waals surface area contributed by atoms with Crippen LogP contribution in [0.25, 0.3) is 0 Å². The Kier molecular flexibility index (Phi) is 4.62. The topological polar surface area (TPSA) is 26.3 Å². The molecule has 1 aromatic carbocycles. The molecule has 0 amide bonds. The van der Waals surface area contributed by atoms with E-state index in [4.69, 9.17) is 4.74 Å². The maximum Gasteiger partial charge on any atom is 0.163 e. The molecule has 1 aromatic rings. The maximum absolute atomic E-state index is 12.8. The molecule has 0 N–H and O–H groups in total. The van der Waals surface area contributed by atoms with Crippen LogP contribution in [0.2, 0.25) is 0 Å². The molecule has 0 radical (unpaired) electrons. The van der Waals surface area contributed by atoms with Crippen molar-refractivity contribution in [2.24, 2.45) is 0 Å². The summed E-state index contributed by atoms with van der Waals surface area (Å²) in [5.74, 6) is -0.263. The molecule has 0 bridgehead atoms. The predicted molar refractivity (Wildman–Crippen MR) is 61.2 cm³/mol. The molecule has 1 atom stereocenters. The smallest absolute Gasteiger partial charge is 0.163 e. The zero-order valence-corrected chi connectivity index (χ0v) is 9.92. The molecule has 0 heterocycles. The van der Waals surface area contributed by atoms with Crippen LogP contribution in [0.4, 0.5) is 4.39 Å². The van der Waals surface area contributed by atoms with Gasteiger partial charge in [0.2, 0.25) is 0 Å². The van der Waals surface area contributed by atoms with E-state index in [9.17, 15) is 9.18 Å². The average molecular weight is 224 g/mol. The Bertz CT molecular complexity index is 374. The Morgan fingerprint density at radius 3 is 2.75 bits per heavy atom. The summed E-state index contributed by atoms with van der Waals surface area (Å²) in [7, 11) is 1.62. The number of rotatable bonds is 5. The second kappa shape index (κ2) is 5.75.